The molecule has 0 unspecified atom stereocenters. The first-order valence-electron chi connectivity index (χ1n) is 10.3. The second-order valence-corrected chi connectivity index (χ2v) is 9.35. The molecule has 2 aromatic carbocycles. The first-order valence-corrected chi connectivity index (χ1v) is 12.2. The van der Waals surface area contributed by atoms with Crippen molar-refractivity contribution in [2.75, 3.05) is 26.0 Å². The highest BCUT2D eigenvalue weighted by molar-refractivity contribution is 7.90. The van der Waals surface area contributed by atoms with Gasteiger partial charge in [-0.25, -0.2) is 13.4 Å². The Morgan fingerprint density at radius 3 is 2.40 bits per heavy atom. The van der Waals surface area contributed by atoms with E-state index in [9.17, 15) is 8.42 Å². The maximum atomic E-state index is 11.7. The highest BCUT2D eigenvalue weighted by atomic mass is 32.2. The Balaban J connectivity index is 1.78. The van der Waals surface area contributed by atoms with E-state index in [0.717, 1.165) is 48.8 Å². The van der Waals surface area contributed by atoms with Gasteiger partial charge in [-0.1, -0.05) is 29.8 Å². The number of hydrogen-bond acceptors (Lipinski definition) is 4. The van der Waals surface area contributed by atoms with Crippen molar-refractivity contribution in [1.29, 1.82) is 0 Å². The van der Waals surface area contributed by atoms with Crippen molar-refractivity contribution in [2.24, 2.45) is 4.99 Å². The van der Waals surface area contributed by atoms with Gasteiger partial charge in [0.1, 0.15) is 5.75 Å². The highest BCUT2D eigenvalue weighted by Gasteiger charge is 2.10. The summed E-state index contributed by atoms with van der Waals surface area (Å²) in [5, 5.41) is 6.57. The molecule has 0 saturated heterocycles. The van der Waals surface area contributed by atoms with Crippen molar-refractivity contribution < 1.29 is 13.2 Å². The van der Waals surface area contributed by atoms with Gasteiger partial charge in [0.15, 0.2) is 15.8 Å². The van der Waals surface area contributed by atoms with E-state index in [-0.39, 0.29) is 0 Å². The molecule has 0 aromatic heterocycles. The number of hydrogen-bond donors (Lipinski definition) is 2. The first-order chi connectivity index (χ1) is 14.3. The zero-order valence-electron chi connectivity index (χ0n) is 18.4. The summed E-state index contributed by atoms with van der Waals surface area (Å²) in [4.78, 5) is 4.97. The second-order valence-electron chi connectivity index (χ2n) is 7.36. The molecule has 0 saturated carbocycles. The zero-order valence-corrected chi connectivity index (χ0v) is 19.2. The summed E-state index contributed by atoms with van der Waals surface area (Å²) in [6.45, 7) is 8.64. The Morgan fingerprint density at radius 2 is 1.77 bits per heavy atom. The largest absolute Gasteiger partial charge is 0.494 e. The van der Waals surface area contributed by atoms with Crippen LogP contribution in [-0.2, 0) is 16.4 Å². The number of aliphatic imine (C=N–C) groups is 1. The minimum atomic E-state index is -3.20. The van der Waals surface area contributed by atoms with E-state index in [2.05, 4.69) is 22.5 Å². The Kier molecular flexibility index (Phi) is 9.17. The van der Waals surface area contributed by atoms with Crippen molar-refractivity contribution in [3.05, 3.63) is 59.2 Å². The fraction of sp³-hybridized carbons (Fsp3) is 0.435. The molecular weight excluding hydrogens is 398 g/mol. The Hall–Kier alpha value is -2.54. The maximum absolute atomic E-state index is 11.7. The van der Waals surface area contributed by atoms with Crippen LogP contribution in [0.25, 0.3) is 0 Å². The van der Waals surface area contributed by atoms with Crippen LogP contribution in [0.4, 0.5) is 0 Å². The topological polar surface area (TPSA) is 79.8 Å². The van der Waals surface area contributed by atoms with E-state index in [1.54, 1.807) is 6.07 Å². The average molecular weight is 432 g/mol. The number of rotatable bonds is 10. The van der Waals surface area contributed by atoms with Gasteiger partial charge in [-0.2, -0.15) is 0 Å². The monoisotopic (exact) mass is 431 g/mol. The molecule has 6 nitrogen and oxygen atoms in total. The predicted molar refractivity (Wildman–Crippen MR) is 123 cm³/mol. The fourth-order valence-corrected chi connectivity index (χ4v) is 3.96. The molecule has 0 radical (unpaired) electrons. The molecule has 2 aromatic rings. The van der Waals surface area contributed by atoms with E-state index in [0.29, 0.717) is 18.0 Å². The first kappa shape index (κ1) is 23.7. The van der Waals surface area contributed by atoms with Crippen LogP contribution in [0.2, 0.25) is 0 Å². The third-order valence-electron chi connectivity index (χ3n) is 4.56. The molecular formula is C23H33N3O3S. The summed E-state index contributed by atoms with van der Waals surface area (Å²) >= 11 is 0. The van der Waals surface area contributed by atoms with Crippen molar-refractivity contribution in [1.82, 2.24) is 10.6 Å². The number of sulfone groups is 1. The Bertz CT molecular complexity index is 939. The zero-order chi connectivity index (χ0) is 22.0. The molecule has 0 fully saturated rings. The standard InChI is InChI=1S/C23H33N3O3S/c1-5-24-23(25-14-6-7-15-29-21-11-8-18(2)9-12-21)26-17-20-10-13-22(19(3)16-20)30(4,27)28/h8-13,16H,5-7,14-15,17H2,1-4H3,(H2,24,25,26). The summed E-state index contributed by atoms with van der Waals surface area (Å²) in [7, 11) is -3.20. The van der Waals surface area contributed by atoms with Crippen LogP contribution < -0.4 is 15.4 Å². The molecule has 0 aliphatic heterocycles. The molecule has 0 bridgehead atoms. The van der Waals surface area contributed by atoms with Crippen LogP contribution in [0, 0.1) is 13.8 Å². The lowest BCUT2D eigenvalue weighted by Crippen LogP contribution is -2.37. The van der Waals surface area contributed by atoms with E-state index in [4.69, 9.17) is 4.74 Å². The number of benzene rings is 2. The quantitative estimate of drug-likeness (QED) is 0.341. The molecule has 7 heteroatoms. The molecule has 0 aliphatic carbocycles. The van der Waals surface area contributed by atoms with Gasteiger partial charge in [-0.15, -0.1) is 0 Å². The highest BCUT2D eigenvalue weighted by Crippen LogP contribution is 2.17. The van der Waals surface area contributed by atoms with Gasteiger partial charge in [0.25, 0.3) is 0 Å². The molecule has 0 aliphatic rings. The van der Waals surface area contributed by atoms with Crippen molar-refractivity contribution in [3.63, 3.8) is 0 Å². The van der Waals surface area contributed by atoms with Crippen LogP contribution in [-0.4, -0.2) is 40.3 Å². The minimum Gasteiger partial charge on any atom is -0.494 e. The molecule has 0 atom stereocenters. The smallest absolute Gasteiger partial charge is 0.191 e. The van der Waals surface area contributed by atoms with Crippen LogP contribution >= 0.6 is 0 Å². The maximum Gasteiger partial charge on any atom is 0.191 e. The van der Waals surface area contributed by atoms with Crippen LogP contribution in [0.5, 0.6) is 5.75 Å². The van der Waals surface area contributed by atoms with E-state index in [1.165, 1.54) is 11.8 Å². The molecule has 164 valence electrons. The summed E-state index contributed by atoms with van der Waals surface area (Å²) in [5.41, 5.74) is 2.95. The van der Waals surface area contributed by atoms with Crippen LogP contribution in [0.3, 0.4) is 0 Å². The van der Waals surface area contributed by atoms with Crippen LogP contribution in [0.1, 0.15) is 36.5 Å². The van der Waals surface area contributed by atoms with Gasteiger partial charge >= 0.3 is 0 Å². The van der Waals surface area contributed by atoms with Gasteiger partial charge in [0, 0.05) is 19.3 Å². The Morgan fingerprint density at radius 1 is 1.03 bits per heavy atom. The third-order valence-corrected chi connectivity index (χ3v) is 5.81. The van der Waals surface area contributed by atoms with Crippen molar-refractivity contribution in [2.45, 2.75) is 45.1 Å². The number of guanidine groups is 1. The predicted octanol–water partition coefficient (Wildman–Crippen LogP) is 3.62. The van der Waals surface area contributed by atoms with Gasteiger partial charge in [-0.3, -0.25) is 0 Å². The van der Waals surface area contributed by atoms with Crippen molar-refractivity contribution in [3.8, 4) is 5.75 Å². The lowest BCUT2D eigenvalue weighted by molar-refractivity contribution is 0.307. The van der Waals surface area contributed by atoms with Crippen LogP contribution in [0.15, 0.2) is 52.4 Å². The van der Waals surface area contributed by atoms with Gasteiger partial charge in [-0.05, 0) is 62.9 Å². The number of nitrogens with zero attached hydrogens (tertiary/aromatic N) is 1. The molecule has 0 spiro atoms. The summed E-state index contributed by atoms with van der Waals surface area (Å²) in [5.74, 6) is 1.66. The molecule has 0 heterocycles. The molecule has 30 heavy (non-hydrogen) atoms. The second kappa shape index (κ2) is 11.6. The summed E-state index contributed by atoms with van der Waals surface area (Å²) in [6.07, 6.45) is 3.15. The van der Waals surface area contributed by atoms with Gasteiger partial charge < -0.3 is 15.4 Å². The fourth-order valence-electron chi connectivity index (χ4n) is 3.00. The average Bonchev–Trinajstić information content (AvgIpc) is 2.69. The number of aryl methyl sites for hydroxylation is 2. The van der Waals surface area contributed by atoms with E-state index < -0.39 is 9.84 Å². The van der Waals surface area contributed by atoms with Gasteiger partial charge in [0.05, 0.1) is 18.0 Å². The molecule has 2 rings (SSSR count). The summed E-state index contributed by atoms with van der Waals surface area (Å²) < 4.78 is 29.2. The minimum absolute atomic E-state index is 0.369. The third kappa shape index (κ3) is 8.06. The molecule has 2 N–H and O–H groups in total. The number of nitrogens with one attached hydrogen (secondary N) is 2. The number of unbranched alkanes of at least 4 members (excludes halogenated alkanes) is 1. The lowest BCUT2D eigenvalue weighted by atomic mass is 10.1. The van der Waals surface area contributed by atoms with E-state index >= 15 is 0 Å². The van der Waals surface area contributed by atoms with Gasteiger partial charge in [0.2, 0.25) is 0 Å². The van der Waals surface area contributed by atoms with E-state index in [1.807, 2.05) is 50.2 Å². The summed E-state index contributed by atoms with van der Waals surface area (Å²) in [6, 6.07) is 13.4. The Labute approximate surface area is 180 Å². The lowest BCUT2D eigenvalue weighted by Gasteiger charge is -2.12. The normalized spacial score (nSPS) is 11.9. The SMILES string of the molecule is CCNC(=NCc1ccc(S(C)(=O)=O)c(C)c1)NCCCCOc1ccc(C)cc1. The molecule has 0 amide bonds. The number of ether oxygens (including phenoxy) is 1. The van der Waals surface area contributed by atoms with Crippen molar-refractivity contribution >= 4 is 15.8 Å².